The van der Waals surface area contributed by atoms with Crippen molar-refractivity contribution in [1.82, 2.24) is 25.1 Å². The van der Waals surface area contributed by atoms with Gasteiger partial charge >= 0.3 is 6.18 Å². The Labute approximate surface area is 104 Å². The monoisotopic (exact) mass is 277 g/mol. The van der Waals surface area contributed by atoms with Gasteiger partial charge in [0.1, 0.15) is 5.01 Å². The molecule has 3 heterocycles. The topological polar surface area (TPSA) is 55.1 Å². The summed E-state index contributed by atoms with van der Waals surface area (Å²) in [5, 5.41) is 14.6. The molecule has 2 aromatic heterocycles. The molecule has 0 saturated carbocycles. The Morgan fingerprint density at radius 2 is 2.17 bits per heavy atom. The van der Waals surface area contributed by atoms with Gasteiger partial charge in [-0.05, 0) is 26.3 Å². The molecule has 98 valence electrons. The van der Waals surface area contributed by atoms with Gasteiger partial charge in [0.25, 0.3) is 5.82 Å². The molecule has 3 rings (SSSR count). The van der Waals surface area contributed by atoms with Crippen LogP contribution in [0.25, 0.3) is 4.96 Å². The first-order valence-electron chi connectivity index (χ1n) is 5.45. The van der Waals surface area contributed by atoms with Crippen molar-refractivity contribution in [2.75, 3.05) is 6.54 Å². The van der Waals surface area contributed by atoms with Crippen molar-refractivity contribution in [3.63, 3.8) is 0 Å². The molecule has 0 amide bonds. The molecule has 5 nitrogen and oxygen atoms in total. The number of rotatable bonds is 1. The number of aromatic nitrogens is 4. The van der Waals surface area contributed by atoms with Crippen LogP contribution in [-0.4, -0.2) is 26.4 Å². The van der Waals surface area contributed by atoms with Crippen molar-refractivity contribution in [2.45, 2.75) is 31.5 Å². The lowest BCUT2D eigenvalue weighted by Crippen LogP contribution is -2.33. The summed E-state index contributed by atoms with van der Waals surface area (Å²) in [6.07, 6.45) is -2.68. The first-order chi connectivity index (χ1) is 8.40. The van der Waals surface area contributed by atoms with E-state index in [2.05, 4.69) is 20.6 Å². The molecule has 0 bridgehead atoms. The highest BCUT2D eigenvalue weighted by Crippen LogP contribution is 2.35. The standard InChI is InChI=1S/C9H10F3N5S/c1-8(3-2-4-13-8)6-16-17-5(9(10,11)12)14-15-7(17)18-6/h13H,2-4H2,1H3. The zero-order valence-electron chi connectivity index (χ0n) is 9.45. The molecule has 18 heavy (non-hydrogen) atoms. The van der Waals surface area contributed by atoms with E-state index in [9.17, 15) is 13.2 Å². The second kappa shape index (κ2) is 3.64. The molecule has 0 aliphatic carbocycles. The van der Waals surface area contributed by atoms with Crippen LogP contribution in [0.15, 0.2) is 0 Å². The van der Waals surface area contributed by atoms with Crippen LogP contribution in [-0.2, 0) is 11.7 Å². The van der Waals surface area contributed by atoms with E-state index in [1.54, 1.807) is 0 Å². The van der Waals surface area contributed by atoms with Gasteiger partial charge in [0, 0.05) is 0 Å². The minimum atomic E-state index is -4.53. The second-order valence-corrected chi connectivity index (χ2v) is 5.44. The maximum Gasteiger partial charge on any atom is 0.453 e. The van der Waals surface area contributed by atoms with Gasteiger partial charge in [-0.15, -0.1) is 10.2 Å². The predicted molar refractivity (Wildman–Crippen MR) is 58.2 cm³/mol. The van der Waals surface area contributed by atoms with Gasteiger partial charge in [-0.3, -0.25) is 0 Å². The van der Waals surface area contributed by atoms with E-state index >= 15 is 0 Å². The lowest BCUT2D eigenvalue weighted by atomic mass is 10.0. The van der Waals surface area contributed by atoms with E-state index in [0.29, 0.717) is 5.01 Å². The molecule has 0 radical (unpaired) electrons. The number of nitrogens with zero attached hydrogens (tertiary/aromatic N) is 4. The Hall–Kier alpha value is -1.22. The summed E-state index contributed by atoms with van der Waals surface area (Å²) in [5.41, 5.74) is -0.353. The van der Waals surface area contributed by atoms with Gasteiger partial charge in [0.05, 0.1) is 5.54 Å². The summed E-state index contributed by atoms with van der Waals surface area (Å²) in [6, 6.07) is 0. The minimum absolute atomic E-state index is 0.173. The smallest absolute Gasteiger partial charge is 0.306 e. The third-order valence-corrected chi connectivity index (χ3v) is 4.25. The van der Waals surface area contributed by atoms with Crippen LogP contribution >= 0.6 is 11.3 Å². The number of fused-ring (bicyclic) bond motifs is 1. The van der Waals surface area contributed by atoms with Gasteiger partial charge in [-0.25, -0.2) is 0 Å². The maximum absolute atomic E-state index is 12.7. The van der Waals surface area contributed by atoms with Crippen molar-refractivity contribution >= 4 is 16.3 Å². The molecule has 2 aromatic rings. The second-order valence-electron chi connectivity index (χ2n) is 4.49. The lowest BCUT2D eigenvalue weighted by molar-refractivity contribution is -0.146. The Morgan fingerprint density at radius 3 is 2.78 bits per heavy atom. The van der Waals surface area contributed by atoms with E-state index < -0.39 is 12.0 Å². The van der Waals surface area contributed by atoms with Gasteiger partial charge in [0.15, 0.2) is 0 Å². The molecule has 1 unspecified atom stereocenters. The number of nitrogens with one attached hydrogen (secondary N) is 1. The minimum Gasteiger partial charge on any atom is -0.306 e. The van der Waals surface area contributed by atoms with E-state index in [4.69, 9.17) is 0 Å². The van der Waals surface area contributed by atoms with E-state index in [0.717, 1.165) is 35.2 Å². The van der Waals surface area contributed by atoms with Gasteiger partial charge in [-0.1, -0.05) is 11.3 Å². The summed E-state index contributed by atoms with van der Waals surface area (Å²) in [4.78, 5) is 0.173. The van der Waals surface area contributed by atoms with Crippen molar-refractivity contribution < 1.29 is 13.2 Å². The Bertz CT molecular complexity index is 581. The molecular weight excluding hydrogens is 267 g/mol. The Kier molecular flexibility index (Phi) is 2.39. The molecule has 0 spiro atoms. The predicted octanol–water partition coefficient (Wildman–Crippen LogP) is 1.80. The normalized spacial score (nSPS) is 25.1. The first kappa shape index (κ1) is 11.8. The molecule has 1 N–H and O–H groups in total. The third-order valence-electron chi connectivity index (χ3n) is 3.09. The summed E-state index contributed by atoms with van der Waals surface area (Å²) >= 11 is 1.15. The van der Waals surface area contributed by atoms with Crippen LogP contribution in [0.3, 0.4) is 0 Å². The Morgan fingerprint density at radius 1 is 1.39 bits per heavy atom. The van der Waals surface area contributed by atoms with E-state index in [1.165, 1.54) is 0 Å². The fraction of sp³-hybridized carbons (Fsp3) is 0.667. The molecule has 1 saturated heterocycles. The van der Waals surface area contributed by atoms with Crippen LogP contribution in [0.2, 0.25) is 0 Å². The van der Waals surface area contributed by atoms with Crippen LogP contribution in [0, 0.1) is 0 Å². The number of hydrogen-bond acceptors (Lipinski definition) is 5. The Balaban J connectivity index is 2.09. The molecular formula is C9H10F3N5S. The number of halogens is 3. The molecule has 0 aromatic carbocycles. The third kappa shape index (κ3) is 1.69. The molecule has 1 aliphatic rings. The summed E-state index contributed by atoms with van der Waals surface area (Å²) < 4.78 is 38.8. The quantitative estimate of drug-likeness (QED) is 0.863. The summed E-state index contributed by atoms with van der Waals surface area (Å²) in [7, 11) is 0. The van der Waals surface area contributed by atoms with Gasteiger partial charge in [-0.2, -0.15) is 22.8 Å². The zero-order valence-corrected chi connectivity index (χ0v) is 10.3. The van der Waals surface area contributed by atoms with Crippen LogP contribution in [0.4, 0.5) is 13.2 Å². The highest BCUT2D eigenvalue weighted by atomic mass is 32.1. The first-order valence-corrected chi connectivity index (χ1v) is 6.27. The fourth-order valence-electron chi connectivity index (χ4n) is 2.09. The van der Waals surface area contributed by atoms with Crippen LogP contribution in [0.1, 0.15) is 30.6 Å². The van der Waals surface area contributed by atoms with E-state index in [1.807, 2.05) is 6.92 Å². The molecule has 1 aliphatic heterocycles. The van der Waals surface area contributed by atoms with Crippen molar-refractivity contribution in [3.8, 4) is 0 Å². The number of alkyl halides is 3. The van der Waals surface area contributed by atoms with Crippen molar-refractivity contribution in [2.24, 2.45) is 0 Å². The SMILES string of the molecule is CC1(c2nn3c(C(F)(F)F)nnc3s2)CCCN1. The summed E-state index contributed by atoms with van der Waals surface area (Å²) in [5.74, 6) is -1.07. The molecule has 1 fully saturated rings. The van der Waals surface area contributed by atoms with Gasteiger partial charge in [0.2, 0.25) is 4.96 Å². The van der Waals surface area contributed by atoms with E-state index in [-0.39, 0.29) is 10.5 Å². The van der Waals surface area contributed by atoms with Crippen LogP contribution in [0.5, 0.6) is 0 Å². The van der Waals surface area contributed by atoms with Crippen molar-refractivity contribution in [1.29, 1.82) is 0 Å². The highest BCUT2D eigenvalue weighted by Gasteiger charge is 2.40. The molecule has 9 heteroatoms. The molecule has 1 atom stereocenters. The maximum atomic E-state index is 12.7. The average molecular weight is 277 g/mol. The highest BCUT2D eigenvalue weighted by molar-refractivity contribution is 7.16. The zero-order chi connectivity index (χ0) is 13.0. The largest absolute Gasteiger partial charge is 0.453 e. The lowest BCUT2D eigenvalue weighted by Gasteiger charge is -2.20. The van der Waals surface area contributed by atoms with Crippen LogP contribution < -0.4 is 5.32 Å². The van der Waals surface area contributed by atoms with Crippen molar-refractivity contribution in [3.05, 3.63) is 10.8 Å². The number of hydrogen-bond donors (Lipinski definition) is 1. The van der Waals surface area contributed by atoms with Gasteiger partial charge < -0.3 is 5.32 Å². The fourth-order valence-corrected chi connectivity index (χ4v) is 3.08. The average Bonchev–Trinajstić information content (AvgIpc) is 2.87. The summed E-state index contributed by atoms with van der Waals surface area (Å²) in [6.45, 7) is 2.79.